The van der Waals surface area contributed by atoms with Gasteiger partial charge in [0.15, 0.2) is 4.96 Å². The molecule has 0 N–H and O–H groups in total. The van der Waals surface area contributed by atoms with E-state index in [0.29, 0.717) is 11.6 Å². The zero-order valence-electron chi connectivity index (χ0n) is 12.9. The highest BCUT2D eigenvalue weighted by atomic mass is 32.1. The van der Waals surface area contributed by atoms with Crippen molar-refractivity contribution in [3.63, 3.8) is 0 Å². The van der Waals surface area contributed by atoms with E-state index in [4.69, 9.17) is 9.47 Å². The van der Waals surface area contributed by atoms with Crippen molar-refractivity contribution in [2.75, 3.05) is 20.4 Å². The van der Waals surface area contributed by atoms with E-state index in [1.54, 1.807) is 7.11 Å². The van der Waals surface area contributed by atoms with E-state index in [1.165, 1.54) is 11.3 Å². The SMILES string of the molecule is COc1ccc2c(n1)sc1nc(-c3cccc(OCCF)c3)cn12. The lowest BCUT2D eigenvalue weighted by molar-refractivity contribution is 0.273. The summed E-state index contributed by atoms with van der Waals surface area (Å²) in [7, 11) is 1.60. The summed E-state index contributed by atoms with van der Waals surface area (Å²) in [6.07, 6.45) is 1.97. The van der Waals surface area contributed by atoms with Crippen molar-refractivity contribution >= 4 is 26.6 Å². The molecule has 122 valence electrons. The lowest BCUT2D eigenvalue weighted by Gasteiger charge is -2.04. The third-order valence-corrected chi connectivity index (χ3v) is 4.58. The van der Waals surface area contributed by atoms with Gasteiger partial charge in [-0.25, -0.2) is 14.4 Å². The van der Waals surface area contributed by atoms with Crippen molar-refractivity contribution < 1.29 is 13.9 Å². The van der Waals surface area contributed by atoms with Gasteiger partial charge in [-0.15, -0.1) is 0 Å². The number of hydrogen-bond acceptors (Lipinski definition) is 5. The van der Waals surface area contributed by atoms with Crippen molar-refractivity contribution in [1.29, 1.82) is 0 Å². The van der Waals surface area contributed by atoms with Gasteiger partial charge in [0, 0.05) is 17.8 Å². The topological polar surface area (TPSA) is 48.7 Å². The van der Waals surface area contributed by atoms with Crippen molar-refractivity contribution in [3.8, 4) is 22.9 Å². The predicted octanol–water partition coefficient (Wildman–Crippen LogP) is 3.97. The molecular formula is C17H14FN3O2S. The zero-order chi connectivity index (χ0) is 16.5. The van der Waals surface area contributed by atoms with Gasteiger partial charge >= 0.3 is 0 Å². The fourth-order valence-electron chi connectivity index (χ4n) is 2.52. The van der Waals surface area contributed by atoms with Gasteiger partial charge in [0.1, 0.15) is 23.9 Å². The van der Waals surface area contributed by atoms with Crippen molar-refractivity contribution in [3.05, 3.63) is 42.6 Å². The number of aromatic nitrogens is 3. The molecule has 4 rings (SSSR count). The van der Waals surface area contributed by atoms with E-state index < -0.39 is 6.67 Å². The molecular weight excluding hydrogens is 329 g/mol. The molecule has 0 saturated heterocycles. The summed E-state index contributed by atoms with van der Waals surface area (Å²) in [6.45, 7) is -0.452. The Labute approximate surface area is 141 Å². The number of hydrogen-bond donors (Lipinski definition) is 0. The molecule has 0 radical (unpaired) electrons. The number of rotatable bonds is 5. The van der Waals surface area contributed by atoms with Gasteiger partial charge < -0.3 is 9.47 Å². The summed E-state index contributed by atoms with van der Waals surface area (Å²) in [5, 5.41) is 0. The summed E-state index contributed by atoms with van der Waals surface area (Å²) >= 11 is 1.50. The smallest absolute Gasteiger partial charge is 0.214 e. The largest absolute Gasteiger partial charge is 0.491 e. The molecule has 3 heterocycles. The predicted molar refractivity (Wildman–Crippen MR) is 91.8 cm³/mol. The molecule has 0 aliphatic carbocycles. The number of imidazole rings is 1. The second-order valence-electron chi connectivity index (χ2n) is 5.12. The number of halogens is 1. The maximum absolute atomic E-state index is 12.2. The highest BCUT2D eigenvalue weighted by molar-refractivity contribution is 7.23. The number of methoxy groups -OCH3 is 1. The Morgan fingerprint density at radius 2 is 2.12 bits per heavy atom. The normalized spacial score (nSPS) is 11.2. The van der Waals surface area contributed by atoms with Crippen molar-refractivity contribution in [2.45, 2.75) is 0 Å². The molecule has 0 amide bonds. The monoisotopic (exact) mass is 343 g/mol. The second-order valence-corrected chi connectivity index (χ2v) is 6.08. The molecule has 0 bridgehead atoms. The third kappa shape index (κ3) is 2.56. The van der Waals surface area contributed by atoms with E-state index in [2.05, 4.69) is 9.97 Å². The van der Waals surface area contributed by atoms with E-state index >= 15 is 0 Å². The molecule has 0 aliphatic heterocycles. The number of alkyl halides is 1. The Kier molecular flexibility index (Phi) is 3.78. The van der Waals surface area contributed by atoms with Crippen LogP contribution in [0.15, 0.2) is 42.6 Å². The Balaban J connectivity index is 1.75. The number of benzene rings is 1. The van der Waals surface area contributed by atoms with Gasteiger partial charge in [-0.3, -0.25) is 4.40 Å². The Bertz CT molecular complexity index is 1010. The van der Waals surface area contributed by atoms with Crippen LogP contribution in [0.25, 0.3) is 26.6 Å². The van der Waals surface area contributed by atoms with Gasteiger partial charge in [0.25, 0.3) is 0 Å². The first-order valence-corrected chi connectivity index (χ1v) is 8.22. The molecule has 1 aromatic carbocycles. The molecule has 3 aromatic heterocycles. The first-order chi connectivity index (χ1) is 11.8. The minimum atomic E-state index is -0.507. The van der Waals surface area contributed by atoms with Gasteiger partial charge in [-0.05, 0) is 18.2 Å². The number of fused-ring (bicyclic) bond motifs is 3. The number of nitrogens with zero attached hydrogens (tertiary/aromatic N) is 3. The van der Waals surface area contributed by atoms with Gasteiger partial charge in [-0.1, -0.05) is 23.5 Å². The highest BCUT2D eigenvalue weighted by Gasteiger charge is 2.12. The van der Waals surface area contributed by atoms with E-state index in [0.717, 1.165) is 26.6 Å². The number of ether oxygens (including phenoxy) is 2. The van der Waals surface area contributed by atoms with Crippen LogP contribution in [0.3, 0.4) is 0 Å². The van der Waals surface area contributed by atoms with Crippen LogP contribution in [0, 0.1) is 0 Å². The third-order valence-electron chi connectivity index (χ3n) is 3.62. The molecule has 0 aliphatic rings. The van der Waals surface area contributed by atoms with Crippen LogP contribution in [0.5, 0.6) is 11.6 Å². The lowest BCUT2D eigenvalue weighted by Crippen LogP contribution is -1.98. The standard InChI is InChI=1S/C17H14FN3O2S/c1-22-15-6-5-14-16(20-15)24-17-19-13(10-21(14)17)11-3-2-4-12(9-11)23-8-7-18/h2-6,9-10H,7-8H2,1H3. The molecule has 0 fully saturated rings. The highest BCUT2D eigenvalue weighted by Crippen LogP contribution is 2.30. The number of thiazole rings is 1. The maximum atomic E-state index is 12.2. The minimum Gasteiger partial charge on any atom is -0.491 e. The van der Waals surface area contributed by atoms with E-state index in [9.17, 15) is 4.39 Å². The molecule has 0 saturated carbocycles. The Morgan fingerprint density at radius 1 is 1.21 bits per heavy atom. The first-order valence-electron chi connectivity index (χ1n) is 7.40. The van der Waals surface area contributed by atoms with Crippen LogP contribution in [0.4, 0.5) is 4.39 Å². The molecule has 5 nitrogen and oxygen atoms in total. The van der Waals surface area contributed by atoms with Crippen molar-refractivity contribution in [1.82, 2.24) is 14.4 Å². The van der Waals surface area contributed by atoms with E-state index in [1.807, 2.05) is 47.0 Å². The molecule has 24 heavy (non-hydrogen) atoms. The molecule has 4 aromatic rings. The molecule has 7 heteroatoms. The summed E-state index contributed by atoms with van der Waals surface area (Å²) in [4.78, 5) is 10.8. The first kappa shape index (κ1) is 14.9. The van der Waals surface area contributed by atoms with E-state index in [-0.39, 0.29) is 6.61 Å². The Hall–Kier alpha value is -2.67. The van der Waals surface area contributed by atoms with Crippen molar-refractivity contribution in [2.24, 2.45) is 0 Å². The van der Waals surface area contributed by atoms with Crippen LogP contribution in [0.1, 0.15) is 0 Å². The molecule has 0 unspecified atom stereocenters. The zero-order valence-corrected chi connectivity index (χ0v) is 13.7. The van der Waals surface area contributed by atoms with Crippen LogP contribution >= 0.6 is 11.3 Å². The quantitative estimate of drug-likeness (QED) is 0.550. The lowest BCUT2D eigenvalue weighted by atomic mass is 10.1. The van der Waals surface area contributed by atoms with Crippen LogP contribution in [0.2, 0.25) is 0 Å². The van der Waals surface area contributed by atoms with Gasteiger partial charge in [0.05, 0.1) is 18.3 Å². The summed E-state index contributed by atoms with van der Waals surface area (Å²) < 4.78 is 24.8. The number of pyridine rings is 1. The fraction of sp³-hybridized carbons (Fsp3) is 0.176. The summed E-state index contributed by atoms with van der Waals surface area (Å²) in [5.74, 6) is 1.22. The van der Waals surface area contributed by atoms with Crippen LogP contribution in [-0.4, -0.2) is 34.8 Å². The molecule has 0 spiro atoms. The van der Waals surface area contributed by atoms with Gasteiger partial charge in [0.2, 0.25) is 5.88 Å². The summed E-state index contributed by atoms with van der Waals surface area (Å²) in [6, 6.07) is 11.3. The average Bonchev–Trinajstić information content (AvgIpc) is 3.17. The molecule has 0 atom stereocenters. The van der Waals surface area contributed by atoms with Gasteiger partial charge in [-0.2, -0.15) is 0 Å². The van der Waals surface area contributed by atoms with Crippen LogP contribution < -0.4 is 9.47 Å². The maximum Gasteiger partial charge on any atom is 0.214 e. The second kappa shape index (κ2) is 6.09. The average molecular weight is 343 g/mol. The van der Waals surface area contributed by atoms with Crippen LogP contribution in [-0.2, 0) is 0 Å². The summed E-state index contributed by atoms with van der Waals surface area (Å²) in [5.41, 5.74) is 2.75. The Morgan fingerprint density at radius 3 is 2.96 bits per heavy atom. The fourth-order valence-corrected chi connectivity index (χ4v) is 3.50. The minimum absolute atomic E-state index is 0.0554.